The van der Waals surface area contributed by atoms with Gasteiger partial charge in [-0.15, -0.1) is 0 Å². The summed E-state index contributed by atoms with van der Waals surface area (Å²) in [6, 6.07) is 79.8. The molecule has 0 saturated heterocycles. The van der Waals surface area contributed by atoms with Crippen molar-refractivity contribution in [2.75, 3.05) is 4.90 Å². The van der Waals surface area contributed by atoms with Gasteiger partial charge in [0.25, 0.3) is 0 Å². The Balaban J connectivity index is 0.957. The van der Waals surface area contributed by atoms with E-state index in [-0.39, 0.29) is 5.41 Å². The molecule has 0 amide bonds. The van der Waals surface area contributed by atoms with Crippen molar-refractivity contribution in [3.05, 3.63) is 236 Å². The topological polar surface area (TPSA) is 60.0 Å². The van der Waals surface area contributed by atoms with E-state index in [9.17, 15) is 0 Å². The number of anilines is 3. The lowest BCUT2D eigenvalue weighted by atomic mass is 9.73. The van der Waals surface area contributed by atoms with Gasteiger partial charge in [-0.2, -0.15) is 0 Å². The van der Waals surface area contributed by atoms with Crippen LogP contribution in [0, 0.1) is 0 Å². The van der Waals surface area contributed by atoms with Gasteiger partial charge in [0.1, 0.15) is 5.52 Å². The number of benzene rings is 10. The molecule has 0 bridgehead atoms. The second-order valence-electron chi connectivity index (χ2n) is 18.8. The predicted molar refractivity (Wildman–Crippen MR) is 288 cm³/mol. The molecule has 70 heavy (non-hydrogen) atoms. The summed E-state index contributed by atoms with van der Waals surface area (Å²) in [6.45, 7) is 4.69. The number of hydrogen-bond donors (Lipinski definition) is 0. The third-order valence-electron chi connectivity index (χ3n) is 14.4. The number of rotatable bonds is 6. The van der Waals surface area contributed by atoms with Crippen molar-refractivity contribution in [1.29, 1.82) is 0 Å². The average molecular weight is 898 g/mol. The molecule has 0 atom stereocenters. The fourth-order valence-electron chi connectivity index (χ4n) is 10.9. The lowest BCUT2D eigenvalue weighted by Gasteiger charge is -2.42. The summed E-state index contributed by atoms with van der Waals surface area (Å²) >= 11 is 0. The van der Waals surface area contributed by atoms with E-state index in [4.69, 9.17) is 19.4 Å². The van der Waals surface area contributed by atoms with E-state index >= 15 is 0 Å². The quantitative estimate of drug-likeness (QED) is 0.166. The highest BCUT2D eigenvalue weighted by Crippen LogP contribution is 2.53. The van der Waals surface area contributed by atoms with Gasteiger partial charge in [0.15, 0.2) is 5.58 Å². The van der Waals surface area contributed by atoms with E-state index in [0.29, 0.717) is 11.8 Å². The van der Waals surface area contributed by atoms with Gasteiger partial charge in [0, 0.05) is 38.4 Å². The molecule has 1 aliphatic heterocycles. The normalized spacial score (nSPS) is 13.1. The molecule has 6 nitrogen and oxygen atoms in total. The van der Waals surface area contributed by atoms with Crippen LogP contribution in [0.2, 0.25) is 0 Å². The number of oxazole rings is 1. The van der Waals surface area contributed by atoms with E-state index in [1.807, 2.05) is 36.4 Å². The van der Waals surface area contributed by atoms with Crippen molar-refractivity contribution in [3.63, 3.8) is 0 Å². The maximum Gasteiger partial charge on any atom is 0.235 e. The molecular formula is C64H43N5O. The largest absolute Gasteiger partial charge is 0.436 e. The molecule has 330 valence electrons. The van der Waals surface area contributed by atoms with Crippen LogP contribution in [0.1, 0.15) is 25.0 Å². The summed E-state index contributed by atoms with van der Waals surface area (Å²) < 4.78 is 8.75. The highest BCUT2D eigenvalue weighted by atomic mass is 16.3. The molecule has 1 aliphatic rings. The Morgan fingerprint density at radius 2 is 1.07 bits per heavy atom. The van der Waals surface area contributed by atoms with Crippen LogP contribution in [-0.2, 0) is 5.41 Å². The van der Waals surface area contributed by atoms with Gasteiger partial charge >= 0.3 is 0 Å². The lowest BCUT2D eigenvalue weighted by molar-refractivity contribution is 0.620. The van der Waals surface area contributed by atoms with Gasteiger partial charge < -0.3 is 9.32 Å². The van der Waals surface area contributed by atoms with Crippen LogP contribution in [0.25, 0.3) is 105 Å². The summed E-state index contributed by atoms with van der Waals surface area (Å²) in [5.41, 5.74) is 17.6. The molecule has 0 radical (unpaired) electrons. The monoisotopic (exact) mass is 897 g/mol. The minimum Gasteiger partial charge on any atom is -0.436 e. The van der Waals surface area contributed by atoms with E-state index in [0.717, 1.165) is 83.0 Å². The molecule has 6 heteroatoms. The molecular weight excluding hydrogens is 855 g/mol. The molecule has 10 aromatic carbocycles. The zero-order chi connectivity index (χ0) is 46.5. The van der Waals surface area contributed by atoms with E-state index in [1.54, 1.807) is 0 Å². The summed E-state index contributed by atoms with van der Waals surface area (Å²) in [5.74, 6) is 1.17. The Kier molecular flexibility index (Phi) is 8.83. The minimum atomic E-state index is -0.247. The van der Waals surface area contributed by atoms with Gasteiger partial charge in [-0.1, -0.05) is 166 Å². The molecule has 14 rings (SSSR count). The standard InChI is InChI=1S/C64H43N5O/c1-64(2)52-25-12-14-27-57(52)68(46-20-7-4-8-21-46)58-35-33-45(37-53(58)64)44-32-34-56-50(36-44)51-38-60-55(65-62(70-60)43-17-5-3-6-18-43)39-59(51)69(56)63-66-54-26-13-11-23-49(54)61(67-63)42-30-28-41(29-31-42)48-24-15-19-40-16-9-10-22-47(40)48/h3-39H,1-2H3. The fraction of sp³-hybridized carbons (Fsp3) is 0.0469. The van der Waals surface area contributed by atoms with Gasteiger partial charge in [-0.3, -0.25) is 4.57 Å². The van der Waals surface area contributed by atoms with Crippen LogP contribution in [0.5, 0.6) is 0 Å². The Bertz CT molecular complexity index is 4200. The predicted octanol–water partition coefficient (Wildman–Crippen LogP) is 16.8. The number of para-hydroxylation sites is 3. The molecule has 0 N–H and O–H groups in total. The maximum atomic E-state index is 6.54. The first-order valence-electron chi connectivity index (χ1n) is 23.8. The van der Waals surface area contributed by atoms with Crippen LogP contribution in [0.3, 0.4) is 0 Å². The van der Waals surface area contributed by atoms with Crippen molar-refractivity contribution in [3.8, 4) is 50.9 Å². The lowest BCUT2D eigenvalue weighted by Crippen LogP contribution is -2.30. The maximum absolute atomic E-state index is 6.54. The highest BCUT2D eigenvalue weighted by Gasteiger charge is 2.37. The highest BCUT2D eigenvalue weighted by molar-refractivity contribution is 6.14. The zero-order valence-corrected chi connectivity index (χ0v) is 38.5. The molecule has 0 aliphatic carbocycles. The molecule has 13 aromatic rings. The molecule has 0 fully saturated rings. The molecule has 4 heterocycles. The second kappa shape index (κ2) is 15.5. The van der Waals surface area contributed by atoms with Crippen LogP contribution in [0.4, 0.5) is 17.1 Å². The average Bonchev–Trinajstić information content (AvgIpc) is 3.98. The molecule has 3 aromatic heterocycles. The van der Waals surface area contributed by atoms with Crippen molar-refractivity contribution in [2.45, 2.75) is 19.3 Å². The van der Waals surface area contributed by atoms with Crippen LogP contribution in [-0.4, -0.2) is 19.5 Å². The molecule has 0 unspecified atom stereocenters. The second-order valence-corrected chi connectivity index (χ2v) is 18.8. The van der Waals surface area contributed by atoms with Crippen molar-refractivity contribution in [1.82, 2.24) is 19.5 Å². The Hall–Kier alpha value is -9.13. The van der Waals surface area contributed by atoms with Crippen molar-refractivity contribution < 1.29 is 4.42 Å². The Morgan fingerprint density at radius 3 is 1.93 bits per heavy atom. The third kappa shape index (κ3) is 6.23. The number of nitrogens with zero attached hydrogens (tertiary/aromatic N) is 5. The van der Waals surface area contributed by atoms with Crippen LogP contribution >= 0.6 is 0 Å². The van der Waals surface area contributed by atoms with Crippen molar-refractivity contribution in [2.24, 2.45) is 0 Å². The first-order valence-corrected chi connectivity index (χ1v) is 23.8. The first kappa shape index (κ1) is 40.0. The summed E-state index contributed by atoms with van der Waals surface area (Å²) in [4.78, 5) is 18.3. The summed E-state index contributed by atoms with van der Waals surface area (Å²) in [6.07, 6.45) is 0. The van der Waals surface area contributed by atoms with Gasteiger partial charge in [-0.05, 0) is 117 Å². The van der Waals surface area contributed by atoms with E-state index < -0.39 is 0 Å². The fourth-order valence-corrected chi connectivity index (χ4v) is 10.9. The Labute approximate surface area is 404 Å². The SMILES string of the molecule is CC1(C)c2ccccc2N(c2ccccc2)c2ccc(-c3ccc4c(c3)c3cc5oc(-c6ccccc6)nc5cc3n4-c3nc(-c4ccc(-c5cccc6ccccc56)cc4)c4ccccc4n3)cc21. The number of aromatic nitrogens is 4. The summed E-state index contributed by atoms with van der Waals surface area (Å²) in [7, 11) is 0. The van der Waals surface area contributed by atoms with E-state index in [2.05, 4.69) is 211 Å². The van der Waals surface area contributed by atoms with Gasteiger partial charge in [-0.25, -0.2) is 15.0 Å². The smallest absolute Gasteiger partial charge is 0.235 e. The number of fused-ring (bicyclic) bond motifs is 8. The van der Waals surface area contributed by atoms with Crippen LogP contribution in [0.15, 0.2) is 229 Å². The first-order chi connectivity index (χ1) is 34.4. The van der Waals surface area contributed by atoms with Gasteiger partial charge in [0.2, 0.25) is 11.8 Å². The third-order valence-corrected chi connectivity index (χ3v) is 14.4. The Morgan fingerprint density at radius 1 is 0.414 bits per heavy atom. The number of hydrogen-bond acceptors (Lipinski definition) is 5. The van der Waals surface area contributed by atoms with Crippen molar-refractivity contribution >= 4 is 71.6 Å². The molecule has 0 spiro atoms. The molecule has 0 saturated carbocycles. The van der Waals surface area contributed by atoms with Gasteiger partial charge in [0.05, 0.1) is 33.6 Å². The zero-order valence-electron chi connectivity index (χ0n) is 38.5. The minimum absolute atomic E-state index is 0.247. The summed E-state index contributed by atoms with van der Waals surface area (Å²) in [5, 5.41) is 5.54. The van der Waals surface area contributed by atoms with Crippen LogP contribution < -0.4 is 4.90 Å². The van der Waals surface area contributed by atoms with E-state index in [1.165, 1.54) is 38.8 Å².